The molecule has 0 aliphatic heterocycles. The van der Waals surface area contributed by atoms with Gasteiger partial charge in [-0.25, -0.2) is 4.39 Å². The van der Waals surface area contributed by atoms with Crippen molar-refractivity contribution < 1.29 is 18.7 Å². The van der Waals surface area contributed by atoms with Gasteiger partial charge in [0, 0.05) is 6.54 Å². The standard InChI is InChI=1S/C23H22FNO3/c24-20-8-6-18(7-9-20)14-15-25-23(26)17-28-22-12-10-21(11-13-22)27-16-19-4-2-1-3-5-19/h1-13H,14-17H2,(H,25,26). The molecule has 1 N–H and O–H groups in total. The average Bonchev–Trinajstić information content (AvgIpc) is 2.74. The Morgan fingerprint density at radius 2 is 1.43 bits per heavy atom. The summed E-state index contributed by atoms with van der Waals surface area (Å²) in [5, 5.41) is 2.78. The van der Waals surface area contributed by atoms with E-state index in [0.717, 1.165) is 16.9 Å². The second kappa shape index (κ2) is 10.1. The lowest BCUT2D eigenvalue weighted by Gasteiger charge is -2.09. The summed E-state index contributed by atoms with van der Waals surface area (Å²) in [4.78, 5) is 11.9. The molecular formula is C23H22FNO3. The van der Waals surface area contributed by atoms with E-state index in [1.165, 1.54) is 12.1 Å². The Morgan fingerprint density at radius 1 is 0.786 bits per heavy atom. The highest BCUT2D eigenvalue weighted by molar-refractivity contribution is 5.77. The van der Waals surface area contributed by atoms with Crippen LogP contribution in [0.1, 0.15) is 11.1 Å². The van der Waals surface area contributed by atoms with Gasteiger partial charge in [0.05, 0.1) is 0 Å². The average molecular weight is 379 g/mol. The minimum absolute atomic E-state index is 0.0619. The molecule has 0 saturated carbocycles. The number of hydrogen-bond acceptors (Lipinski definition) is 3. The lowest BCUT2D eigenvalue weighted by Crippen LogP contribution is -2.30. The number of rotatable bonds is 9. The van der Waals surface area contributed by atoms with Crippen LogP contribution in [0, 0.1) is 5.82 Å². The second-order valence-corrected chi connectivity index (χ2v) is 6.26. The number of amides is 1. The minimum Gasteiger partial charge on any atom is -0.489 e. The predicted molar refractivity (Wildman–Crippen MR) is 106 cm³/mol. The fourth-order valence-electron chi connectivity index (χ4n) is 2.57. The van der Waals surface area contributed by atoms with Crippen molar-refractivity contribution in [2.75, 3.05) is 13.2 Å². The Morgan fingerprint density at radius 3 is 2.11 bits per heavy atom. The number of carbonyl (C=O) groups is 1. The summed E-state index contributed by atoms with van der Waals surface area (Å²) in [6.07, 6.45) is 0.638. The number of nitrogens with one attached hydrogen (secondary N) is 1. The van der Waals surface area contributed by atoms with E-state index in [0.29, 0.717) is 25.3 Å². The van der Waals surface area contributed by atoms with E-state index in [-0.39, 0.29) is 18.3 Å². The van der Waals surface area contributed by atoms with Crippen LogP contribution in [0.4, 0.5) is 4.39 Å². The van der Waals surface area contributed by atoms with Gasteiger partial charge in [-0.15, -0.1) is 0 Å². The van der Waals surface area contributed by atoms with E-state index < -0.39 is 0 Å². The molecule has 0 aliphatic carbocycles. The monoisotopic (exact) mass is 379 g/mol. The van der Waals surface area contributed by atoms with Crippen LogP contribution in [0.5, 0.6) is 11.5 Å². The molecule has 4 nitrogen and oxygen atoms in total. The first-order valence-corrected chi connectivity index (χ1v) is 9.10. The highest BCUT2D eigenvalue weighted by Crippen LogP contribution is 2.18. The van der Waals surface area contributed by atoms with E-state index >= 15 is 0 Å². The quantitative estimate of drug-likeness (QED) is 0.608. The van der Waals surface area contributed by atoms with E-state index in [2.05, 4.69) is 5.32 Å². The molecule has 0 heterocycles. The summed E-state index contributed by atoms with van der Waals surface area (Å²) in [7, 11) is 0. The third-order valence-corrected chi connectivity index (χ3v) is 4.09. The maximum atomic E-state index is 12.9. The molecule has 3 aromatic carbocycles. The van der Waals surface area contributed by atoms with Crippen molar-refractivity contribution in [3.63, 3.8) is 0 Å². The molecule has 0 aliphatic rings. The summed E-state index contributed by atoms with van der Waals surface area (Å²) in [6, 6.07) is 23.3. The first-order valence-electron chi connectivity index (χ1n) is 9.10. The van der Waals surface area contributed by atoms with Crippen LogP contribution in [0.3, 0.4) is 0 Å². The Balaban J connectivity index is 1.35. The zero-order chi connectivity index (χ0) is 19.6. The number of hydrogen-bond donors (Lipinski definition) is 1. The molecule has 0 saturated heterocycles. The summed E-state index contributed by atoms with van der Waals surface area (Å²) in [5.74, 6) is 0.866. The van der Waals surface area contributed by atoms with Gasteiger partial charge >= 0.3 is 0 Å². The van der Waals surface area contributed by atoms with Gasteiger partial charge in [-0.05, 0) is 53.9 Å². The van der Waals surface area contributed by atoms with Crippen molar-refractivity contribution in [3.8, 4) is 11.5 Å². The van der Waals surface area contributed by atoms with E-state index in [9.17, 15) is 9.18 Å². The Kier molecular flexibility index (Phi) is 7.01. The van der Waals surface area contributed by atoms with Crippen LogP contribution < -0.4 is 14.8 Å². The summed E-state index contributed by atoms with van der Waals surface area (Å²) >= 11 is 0. The smallest absolute Gasteiger partial charge is 0.257 e. The van der Waals surface area contributed by atoms with Crippen LogP contribution in [0.15, 0.2) is 78.9 Å². The first kappa shape index (κ1) is 19.4. The van der Waals surface area contributed by atoms with Crippen molar-refractivity contribution in [3.05, 3.63) is 95.8 Å². The lowest BCUT2D eigenvalue weighted by molar-refractivity contribution is -0.123. The number of benzene rings is 3. The van der Waals surface area contributed by atoms with Crippen LogP contribution in [-0.4, -0.2) is 19.1 Å². The highest BCUT2D eigenvalue weighted by atomic mass is 19.1. The van der Waals surface area contributed by atoms with Crippen LogP contribution in [0.2, 0.25) is 0 Å². The summed E-state index contributed by atoms with van der Waals surface area (Å²) in [5.41, 5.74) is 2.06. The fourth-order valence-corrected chi connectivity index (χ4v) is 2.57. The van der Waals surface area contributed by atoms with Gasteiger partial charge < -0.3 is 14.8 Å². The lowest BCUT2D eigenvalue weighted by atomic mass is 10.1. The zero-order valence-electron chi connectivity index (χ0n) is 15.4. The fraction of sp³-hybridized carbons (Fsp3) is 0.174. The van der Waals surface area contributed by atoms with Gasteiger partial charge in [-0.3, -0.25) is 4.79 Å². The maximum Gasteiger partial charge on any atom is 0.257 e. The molecule has 3 aromatic rings. The largest absolute Gasteiger partial charge is 0.489 e. The van der Waals surface area contributed by atoms with Gasteiger partial charge in [0.1, 0.15) is 23.9 Å². The SMILES string of the molecule is O=C(COc1ccc(OCc2ccccc2)cc1)NCCc1ccc(F)cc1. The number of carbonyl (C=O) groups excluding carboxylic acids is 1. The van der Waals surface area contributed by atoms with Crippen molar-refractivity contribution in [2.24, 2.45) is 0 Å². The number of ether oxygens (including phenoxy) is 2. The van der Waals surface area contributed by atoms with Crippen LogP contribution in [0.25, 0.3) is 0 Å². The van der Waals surface area contributed by atoms with Gasteiger partial charge in [0.15, 0.2) is 6.61 Å². The minimum atomic E-state index is -0.266. The summed E-state index contributed by atoms with van der Waals surface area (Å²) < 4.78 is 24.1. The molecule has 28 heavy (non-hydrogen) atoms. The molecular weight excluding hydrogens is 357 g/mol. The van der Waals surface area contributed by atoms with Crippen molar-refractivity contribution in [1.82, 2.24) is 5.32 Å². The van der Waals surface area contributed by atoms with Gasteiger partial charge in [-0.1, -0.05) is 42.5 Å². The van der Waals surface area contributed by atoms with Crippen LogP contribution in [-0.2, 0) is 17.8 Å². The van der Waals surface area contributed by atoms with Gasteiger partial charge in [0.2, 0.25) is 0 Å². The topological polar surface area (TPSA) is 47.6 Å². The Hall–Kier alpha value is -3.34. The van der Waals surface area contributed by atoms with E-state index in [1.54, 1.807) is 24.3 Å². The third kappa shape index (κ3) is 6.43. The highest BCUT2D eigenvalue weighted by Gasteiger charge is 2.04. The molecule has 0 unspecified atom stereocenters. The van der Waals surface area contributed by atoms with Crippen molar-refractivity contribution in [1.29, 1.82) is 0 Å². The third-order valence-electron chi connectivity index (χ3n) is 4.09. The molecule has 0 fully saturated rings. The summed E-state index contributed by atoms with van der Waals surface area (Å²) in [6.45, 7) is 0.908. The van der Waals surface area contributed by atoms with Crippen molar-refractivity contribution >= 4 is 5.91 Å². The predicted octanol–water partition coefficient (Wildman–Crippen LogP) is 4.14. The number of halogens is 1. The maximum absolute atomic E-state index is 12.9. The van der Waals surface area contributed by atoms with Crippen LogP contribution >= 0.6 is 0 Å². The molecule has 1 amide bonds. The van der Waals surface area contributed by atoms with Gasteiger partial charge in [-0.2, -0.15) is 0 Å². The molecule has 0 atom stereocenters. The van der Waals surface area contributed by atoms with E-state index in [4.69, 9.17) is 9.47 Å². The van der Waals surface area contributed by atoms with Crippen molar-refractivity contribution in [2.45, 2.75) is 13.0 Å². The zero-order valence-corrected chi connectivity index (χ0v) is 15.4. The second-order valence-electron chi connectivity index (χ2n) is 6.26. The molecule has 0 spiro atoms. The Bertz CT molecular complexity index is 865. The molecule has 0 bridgehead atoms. The molecule has 5 heteroatoms. The molecule has 144 valence electrons. The molecule has 0 radical (unpaired) electrons. The first-order chi connectivity index (χ1) is 13.7. The molecule has 0 aromatic heterocycles. The Labute approximate surface area is 163 Å². The van der Waals surface area contributed by atoms with E-state index in [1.807, 2.05) is 42.5 Å². The molecule has 3 rings (SSSR count). The van der Waals surface area contributed by atoms with Gasteiger partial charge in [0.25, 0.3) is 5.91 Å². The normalized spacial score (nSPS) is 10.3.